The molecule has 1 aliphatic rings. The largest absolute Gasteiger partial charge is 0.319 e. The molecule has 4 rings (SSSR count). The summed E-state index contributed by atoms with van der Waals surface area (Å²) < 4.78 is 30.7. The van der Waals surface area contributed by atoms with Crippen molar-refractivity contribution in [3.8, 4) is 16.9 Å². The van der Waals surface area contributed by atoms with Crippen molar-refractivity contribution in [1.29, 1.82) is 0 Å². The van der Waals surface area contributed by atoms with Crippen LogP contribution in [0, 0.1) is 11.6 Å². The highest BCUT2D eigenvalue weighted by atomic mass is 19.1. The van der Waals surface area contributed by atoms with Gasteiger partial charge in [0.05, 0.1) is 11.4 Å². The smallest absolute Gasteiger partial charge is 0.165 e. The maximum Gasteiger partial charge on any atom is 0.165 e. The Morgan fingerprint density at radius 3 is 2.54 bits per heavy atom. The molecular formula is C18H15F2N3O. The fraction of sp³-hybridized carbons (Fsp3) is 0.222. The number of halogens is 2. The summed E-state index contributed by atoms with van der Waals surface area (Å²) in [6.45, 7) is 0. The number of aromatic nitrogens is 3. The van der Waals surface area contributed by atoms with Crippen LogP contribution in [0.4, 0.5) is 8.78 Å². The molecule has 0 aliphatic heterocycles. The van der Waals surface area contributed by atoms with Crippen LogP contribution in [0.3, 0.4) is 0 Å². The van der Waals surface area contributed by atoms with E-state index in [1.54, 1.807) is 28.7 Å². The number of nitrogens with zero attached hydrogens (tertiary/aromatic N) is 3. The van der Waals surface area contributed by atoms with Gasteiger partial charge in [-0.2, -0.15) is 5.10 Å². The first-order chi connectivity index (χ1) is 11.5. The van der Waals surface area contributed by atoms with E-state index in [2.05, 4.69) is 5.10 Å². The molecular weight excluding hydrogens is 312 g/mol. The van der Waals surface area contributed by atoms with Crippen LogP contribution in [0.25, 0.3) is 16.9 Å². The van der Waals surface area contributed by atoms with Gasteiger partial charge < -0.3 is 4.57 Å². The van der Waals surface area contributed by atoms with Gasteiger partial charge in [-0.1, -0.05) is 0 Å². The molecule has 0 spiro atoms. The second kappa shape index (κ2) is 5.40. The van der Waals surface area contributed by atoms with E-state index in [-0.39, 0.29) is 5.78 Å². The third-order valence-corrected chi connectivity index (χ3v) is 4.43. The number of aryl methyl sites for hydroxylation is 1. The lowest BCUT2D eigenvalue weighted by Gasteiger charge is -2.15. The first kappa shape index (κ1) is 14.8. The van der Waals surface area contributed by atoms with E-state index in [0.29, 0.717) is 24.1 Å². The first-order valence-corrected chi connectivity index (χ1v) is 7.77. The van der Waals surface area contributed by atoms with Crippen LogP contribution in [0.2, 0.25) is 0 Å². The Balaban J connectivity index is 1.99. The van der Waals surface area contributed by atoms with Crippen molar-refractivity contribution in [3.05, 3.63) is 59.6 Å². The summed E-state index contributed by atoms with van der Waals surface area (Å²) in [6, 6.07) is 5.21. The highest BCUT2D eigenvalue weighted by Gasteiger charge is 2.27. The zero-order valence-corrected chi connectivity index (χ0v) is 13.1. The third kappa shape index (κ3) is 2.26. The molecule has 6 heteroatoms. The maximum absolute atomic E-state index is 13.6. The van der Waals surface area contributed by atoms with Crippen LogP contribution in [0.5, 0.6) is 0 Å². The Morgan fingerprint density at radius 1 is 1.12 bits per heavy atom. The van der Waals surface area contributed by atoms with Crippen LogP contribution in [0.15, 0.2) is 36.7 Å². The summed E-state index contributed by atoms with van der Waals surface area (Å²) in [5, 5.41) is 4.15. The van der Waals surface area contributed by atoms with E-state index < -0.39 is 11.6 Å². The van der Waals surface area contributed by atoms with Crippen molar-refractivity contribution in [2.75, 3.05) is 0 Å². The molecule has 0 unspecified atom stereocenters. The zero-order valence-electron chi connectivity index (χ0n) is 13.1. The highest BCUT2D eigenvalue weighted by Crippen LogP contribution is 2.35. The van der Waals surface area contributed by atoms with Crippen LogP contribution in [0.1, 0.15) is 28.9 Å². The van der Waals surface area contributed by atoms with E-state index in [0.717, 1.165) is 29.4 Å². The molecule has 0 radical (unpaired) electrons. The fourth-order valence-electron chi connectivity index (χ4n) is 3.39. The number of rotatable bonds is 2. The predicted molar refractivity (Wildman–Crippen MR) is 85.2 cm³/mol. The van der Waals surface area contributed by atoms with Gasteiger partial charge >= 0.3 is 0 Å². The van der Waals surface area contributed by atoms with E-state index in [4.69, 9.17) is 0 Å². The number of hydrogen-bond acceptors (Lipinski definition) is 2. The summed E-state index contributed by atoms with van der Waals surface area (Å²) in [6.07, 6.45) is 5.35. The number of Topliss-reactive ketones (excluding diaryl/α,β-unsaturated/α-hetero) is 1. The second-order valence-corrected chi connectivity index (χ2v) is 5.98. The quantitative estimate of drug-likeness (QED) is 0.720. The molecule has 2 heterocycles. The second-order valence-electron chi connectivity index (χ2n) is 5.98. The molecule has 1 aromatic carbocycles. The lowest BCUT2D eigenvalue weighted by atomic mass is 9.92. The van der Waals surface area contributed by atoms with Gasteiger partial charge in [-0.3, -0.25) is 9.48 Å². The molecule has 0 saturated heterocycles. The Hall–Kier alpha value is -2.76. The lowest BCUT2D eigenvalue weighted by Crippen LogP contribution is -2.13. The van der Waals surface area contributed by atoms with Gasteiger partial charge in [0.15, 0.2) is 5.78 Å². The van der Waals surface area contributed by atoms with E-state index in [1.165, 1.54) is 12.1 Å². The van der Waals surface area contributed by atoms with Gasteiger partial charge in [-0.05, 0) is 31.0 Å². The molecule has 122 valence electrons. The van der Waals surface area contributed by atoms with Crippen LogP contribution in [-0.4, -0.2) is 20.1 Å². The normalized spacial score (nSPS) is 14.0. The number of fused-ring (bicyclic) bond motifs is 1. The van der Waals surface area contributed by atoms with Crippen LogP contribution >= 0.6 is 0 Å². The number of benzene rings is 1. The SMILES string of the molecule is Cn1nccc1-c1cn(-c2cc(F)cc(F)c2)c2c1C(=O)CCC2. The molecule has 0 bridgehead atoms. The first-order valence-electron chi connectivity index (χ1n) is 7.77. The van der Waals surface area contributed by atoms with Crippen molar-refractivity contribution >= 4 is 5.78 Å². The van der Waals surface area contributed by atoms with Crippen molar-refractivity contribution < 1.29 is 13.6 Å². The van der Waals surface area contributed by atoms with Gasteiger partial charge in [-0.15, -0.1) is 0 Å². The summed E-state index contributed by atoms with van der Waals surface area (Å²) in [5.41, 5.74) is 3.37. The average molecular weight is 327 g/mol. The van der Waals surface area contributed by atoms with Crippen molar-refractivity contribution in [2.45, 2.75) is 19.3 Å². The van der Waals surface area contributed by atoms with Crippen molar-refractivity contribution in [1.82, 2.24) is 14.3 Å². The Bertz CT molecular complexity index is 935. The van der Waals surface area contributed by atoms with Crippen molar-refractivity contribution in [2.24, 2.45) is 7.05 Å². The standard InChI is InChI=1S/C18H15F2N3O/c1-22-15(5-6-21-22)14-10-23(13-8-11(19)7-12(20)9-13)16-3-2-4-17(24)18(14)16/h5-10H,2-4H2,1H3. The minimum atomic E-state index is -0.642. The minimum absolute atomic E-state index is 0.0584. The Morgan fingerprint density at radius 2 is 1.88 bits per heavy atom. The fourth-order valence-corrected chi connectivity index (χ4v) is 3.39. The minimum Gasteiger partial charge on any atom is -0.319 e. The van der Waals surface area contributed by atoms with Gasteiger partial charge in [-0.25, -0.2) is 8.78 Å². The molecule has 0 amide bonds. The molecule has 3 aromatic rings. The zero-order chi connectivity index (χ0) is 16.8. The lowest BCUT2D eigenvalue weighted by molar-refractivity contribution is 0.0972. The summed E-state index contributed by atoms with van der Waals surface area (Å²) >= 11 is 0. The summed E-state index contributed by atoms with van der Waals surface area (Å²) in [7, 11) is 1.80. The van der Waals surface area contributed by atoms with E-state index >= 15 is 0 Å². The molecule has 1 aliphatic carbocycles. The number of hydrogen-bond donors (Lipinski definition) is 0. The van der Waals surface area contributed by atoms with Gasteiger partial charge in [0.1, 0.15) is 11.6 Å². The Kier molecular flexibility index (Phi) is 3.33. The third-order valence-electron chi connectivity index (χ3n) is 4.43. The predicted octanol–water partition coefficient (Wildman–Crippen LogP) is 3.68. The molecule has 0 saturated carbocycles. The highest BCUT2D eigenvalue weighted by molar-refractivity contribution is 6.04. The Labute approximate surface area is 137 Å². The van der Waals surface area contributed by atoms with Crippen molar-refractivity contribution in [3.63, 3.8) is 0 Å². The topological polar surface area (TPSA) is 39.8 Å². The van der Waals surface area contributed by atoms with Crippen LogP contribution < -0.4 is 0 Å². The number of carbonyl (C=O) groups is 1. The molecule has 24 heavy (non-hydrogen) atoms. The molecule has 0 N–H and O–H groups in total. The van der Waals surface area contributed by atoms with E-state index in [1.807, 2.05) is 6.07 Å². The number of carbonyl (C=O) groups excluding carboxylic acids is 1. The summed E-state index contributed by atoms with van der Waals surface area (Å²) in [4.78, 5) is 12.5. The number of ketones is 1. The van der Waals surface area contributed by atoms with Gasteiger partial charge in [0.2, 0.25) is 0 Å². The van der Waals surface area contributed by atoms with Crippen LogP contribution in [-0.2, 0) is 13.5 Å². The molecule has 2 aromatic heterocycles. The van der Waals surface area contributed by atoms with Gasteiger partial charge in [0.25, 0.3) is 0 Å². The summed E-state index contributed by atoms with van der Waals surface area (Å²) in [5.74, 6) is -1.23. The molecule has 4 nitrogen and oxygen atoms in total. The maximum atomic E-state index is 13.6. The average Bonchev–Trinajstić information content (AvgIpc) is 3.10. The molecule has 0 fully saturated rings. The van der Waals surface area contributed by atoms with E-state index in [9.17, 15) is 13.6 Å². The molecule has 0 atom stereocenters. The monoisotopic (exact) mass is 327 g/mol. The van der Waals surface area contributed by atoms with Gasteiger partial charge in [0, 0.05) is 48.7 Å².